The van der Waals surface area contributed by atoms with Gasteiger partial charge in [0.2, 0.25) is 0 Å². The quantitative estimate of drug-likeness (QED) is 0.418. The van der Waals surface area contributed by atoms with Crippen LogP contribution in [0.15, 0.2) is 65.1 Å². The molecule has 0 aliphatic carbocycles. The van der Waals surface area contributed by atoms with Crippen molar-refractivity contribution in [1.82, 2.24) is 0 Å². The number of nitrogens with zero attached hydrogens (tertiary/aromatic N) is 2. The summed E-state index contributed by atoms with van der Waals surface area (Å²) < 4.78 is 6.43. The van der Waals surface area contributed by atoms with Gasteiger partial charge >= 0.3 is 0 Å². The lowest BCUT2D eigenvalue weighted by Crippen LogP contribution is -2.56. The van der Waals surface area contributed by atoms with Gasteiger partial charge in [-0.2, -0.15) is 0 Å². The van der Waals surface area contributed by atoms with Crippen molar-refractivity contribution < 1.29 is 4.42 Å². The Bertz CT molecular complexity index is 1210. The maximum Gasteiger partial charge on any atom is 0.159 e. The molecule has 140 valence electrons. The summed E-state index contributed by atoms with van der Waals surface area (Å²) in [4.78, 5) is 5.20. The van der Waals surface area contributed by atoms with Crippen LogP contribution in [0, 0.1) is 6.92 Å². The van der Waals surface area contributed by atoms with Gasteiger partial charge in [-0.15, -0.1) is 0 Å². The molecule has 0 saturated carbocycles. The van der Waals surface area contributed by atoms with Gasteiger partial charge in [-0.25, -0.2) is 0 Å². The Morgan fingerprint density at radius 2 is 1.75 bits per heavy atom. The molecule has 1 aromatic heterocycles. The van der Waals surface area contributed by atoms with E-state index in [1.807, 2.05) is 0 Å². The summed E-state index contributed by atoms with van der Waals surface area (Å²) in [6.07, 6.45) is 2.57. The van der Waals surface area contributed by atoms with E-state index in [0.717, 1.165) is 24.1 Å². The normalized spacial score (nSPS) is 21.4. The first-order chi connectivity index (χ1) is 13.7. The van der Waals surface area contributed by atoms with Gasteiger partial charge in [0, 0.05) is 29.0 Å². The van der Waals surface area contributed by atoms with E-state index in [4.69, 9.17) is 4.42 Å². The van der Waals surface area contributed by atoms with Crippen molar-refractivity contribution in [2.24, 2.45) is 0 Å². The number of benzene rings is 3. The molecule has 0 amide bonds. The van der Waals surface area contributed by atoms with Crippen molar-refractivity contribution in [2.75, 3.05) is 16.3 Å². The van der Waals surface area contributed by atoms with Gasteiger partial charge in [0.05, 0.1) is 11.9 Å². The molecular weight excluding hydrogens is 344 g/mol. The number of rotatable bonds is 1. The highest BCUT2D eigenvalue weighted by Crippen LogP contribution is 2.44. The van der Waals surface area contributed by atoms with Crippen molar-refractivity contribution in [3.05, 3.63) is 71.8 Å². The maximum atomic E-state index is 6.43. The zero-order valence-corrected chi connectivity index (χ0v) is 16.4. The molecule has 3 aromatic carbocycles. The SMILES string of the molecule is Cc1ccc2c(oc3ccccc32)c1N1C2CCN(c3ccccc3C2)[C@@H]1C. The standard InChI is InChI=1S/C25H24N2O/c1-16-11-12-21-20-8-4-6-10-23(20)28-25(21)24(16)27-17(2)26-14-13-19(27)15-18-7-3-5-9-22(18)26/h3-12,17,19H,13-15H2,1-2H3/t17-,19?/m0/s1. The summed E-state index contributed by atoms with van der Waals surface area (Å²) in [5.41, 5.74) is 7.43. The maximum absolute atomic E-state index is 6.43. The summed E-state index contributed by atoms with van der Waals surface area (Å²) >= 11 is 0. The second kappa shape index (κ2) is 5.78. The smallest absolute Gasteiger partial charge is 0.159 e. The first kappa shape index (κ1) is 16.1. The van der Waals surface area contributed by atoms with Gasteiger partial charge in [0.1, 0.15) is 5.58 Å². The van der Waals surface area contributed by atoms with Gasteiger partial charge in [-0.3, -0.25) is 0 Å². The molecule has 1 unspecified atom stereocenters. The molecule has 0 spiro atoms. The van der Waals surface area contributed by atoms with Crippen LogP contribution in [0.1, 0.15) is 24.5 Å². The molecular formula is C25H24N2O. The van der Waals surface area contributed by atoms with E-state index in [1.54, 1.807) is 0 Å². The summed E-state index contributed by atoms with van der Waals surface area (Å²) in [6.45, 7) is 5.68. The first-order valence-electron chi connectivity index (χ1n) is 10.3. The van der Waals surface area contributed by atoms with Crippen molar-refractivity contribution in [1.29, 1.82) is 0 Å². The lowest BCUT2D eigenvalue weighted by Gasteiger charge is -2.47. The molecule has 0 radical (unpaired) electrons. The van der Waals surface area contributed by atoms with E-state index in [1.165, 1.54) is 39.7 Å². The Hall–Kier alpha value is -2.94. The molecule has 3 aliphatic heterocycles. The van der Waals surface area contributed by atoms with E-state index < -0.39 is 0 Å². The Balaban J connectivity index is 1.59. The van der Waals surface area contributed by atoms with Crippen LogP contribution in [0.3, 0.4) is 0 Å². The molecule has 3 aliphatic rings. The van der Waals surface area contributed by atoms with Crippen LogP contribution in [0.25, 0.3) is 21.9 Å². The molecule has 3 nitrogen and oxygen atoms in total. The molecule has 2 bridgehead atoms. The van der Waals surface area contributed by atoms with Crippen molar-refractivity contribution >= 4 is 33.3 Å². The Morgan fingerprint density at radius 1 is 0.929 bits per heavy atom. The van der Waals surface area contributed by atoms with Crippen LogP contribution in [-0.2, 0) is 6.42 Å². The number of aryl methyl sites for hydroxylation is 1. The number of para-hydroxylation sites is 2. The fraction of sp³-hybridized carbons (Fsp3) is 0.280. The average molecular weight is 368 g/mol. The van der Waals surface area contributed by atoms with Gasteiger partial charge < -0.3 is 14.2 Å². The highest BCUT2D eigenvalue weighted by molar-refractivity contribution is 6.09. The summed E-state index contributed by atoms with van der Waals surface area (Å²) in [5.74, 6) is 0. The molecule has 0 N–H and O–H groups in total. The Kier molecular flexibility index (Phi) is 3.31. The van der Waals surface area contributed by atoms with Gasteiger partial charge in [0.25, 0.3) is 0 Å². The van der Waals surface area contributed by atoms with E-state index in [9.17, 15) is 0 Å². The third-order valence-corrected chi connectivity index (χ3v) is 6.69. The molecule has 2 atom stereocenters. The van der Waals surface area contributed by atoms with Gasteiger partial charge in [-0.05, 0) is 49.9 Å². The minimum atomic E-state index is 0.305. The van der Waals surface area contributed by atoms with Gasteiger partial charge in [0.15, 0.2) is 5.58 Å². The molecule has 4 aromatic rings. The molecule has 1 saturated heterocycles. The second-order valence-electron chi connectivity index (χ2n) is 8.21. The second-order valence-corrected chi connectivity index (χ2v) is 8.21. The third-order valence-electron chi connectivity index (χ3n) is 6.69. The van der Waals surface area contributed by atoms with E-state index in [0.29, 0.717) is 12.2 Å². The predicted octanol–water partition coefficient (Wildman–Crippen LogP) is 5.88. The van der Waals surface area contributed by atoms with Crippen LogP contribution in [-0.4, -0.2) is 18.8 Å². The largest absolute Gasteiger partial charge is 0.454 e. The average Bonchev–Trinajstić information content (AvgIpc) is 2.91. The third kappa shape index (κ3) is 2.10. The van der Waals surface area contributed by atoms with E-state index in [-0.39, 0.29) is 0 Å². The highest BCUT2D eigenvalue weighted by atomic mass is 16.3. The minimum Gasteiger partial charge on any atom is -0.454 e. The van der Waals surface area contributed by atoms with Crippen molar-refractivity contribution in [3.63, 3.8) is 0 Å². The number of hydrogen-bond acceptors (Lipinski definition) is 3. The fourth-order valence-electron chi connectivity index (χ4n) is 5.37. The first-order valence-corrected chi connectivity index (χ1v) is 10.3. The molecule has 7 rings (SSSR count). The topological polar surface area (TPSA) is 19.6 Å². The monoisotopic (exact) mass is 368 g/mol. The van der Waals surface area contributed by atoms with Gasteiger partial charge in [-0.1, -0.05) is 48.5 Å². The minimum absolute atomic E-state index is 0.305. The van der Waals surface area contributed by atoms with Crippen molar-refractivity contribution in [2.45, 2.75) is 38.9 Å². The highest BCUT2D eigenvalue weighted by Gasteiger charge is 2.39. The van der Waals surface area contributed by atoms with Crippen molar-refractivity contribution in [3.8, 4) is 0 Å². The van der Waals surface area contributed by atoms with E-state index >= 15 is 0 Å². The van der Waals surface area contributed by atoms with Crippen LogP contribution >= 0.6 is 0 Å². The van der Waals surface area contributed by atoms with E-state index in [2.05, 4.69) is 84.3 Å². The van der Waals surface area contributed by atoms with Crippen LogP contribution in [0.5, 0.6) is 0 Å². The molecule has 4 heterocycles. The van der Waals surface area contributed by atoms with Crippen LogP contribution in [0.2, 0.25) is 0 Å². The number of fused-ring (bicyclic) bond motifs is 5. The number of furan rings is 1. The summed E-state index contributed by atoms with van der Waals surface area (Å²) in [7, 11) is 0. The summed E-state index contributed by atoms with van der Waals surface area (Å²) in [6, 6.07) is 22.3. The van der Waals surface area contributed by atoms with Crippen LogP contribution in [0.4, 0.5) is 11.4 Å². The lowest BCUT2D eigenvalue weighted by molar-refractivity contribution is 0.434. The molecule has 3 heteroatoms. The predicted molar refractivity (Wildman–Crippen MR) is 116 cm³/mol. The number of hydrogen-bond donors (Lipinski definition) is 0. The van der Waals surface area contributed by atoms with Crippen LogP contribution < -0.4 is 9.80 Å². The zero-order valence-electron chi connectivity index (χ0n) is 16.4. The Morgan fingerprint density at radius 3 is 2.68 bits per heavy atom. The summed E-state index contributed by atoms with van der Waals surface area (Å²) in [5, 5.41) is 2.42. The number of anilines is 2. The molecule has 1 fully saturated rings. The lowest BCUT2D eigenvalue weighted by atomic mass is 9.99. The zero-order chi connectivity index (χ0) is 18.8. The Labute approximate surface area is 165 Å². The molecule has 28 heavy (non-hydrogen) atoms. The fourth-order valence-corrected chi connectivity index (χ4v) is 5.37.